The summed E-state index contributed by atoms with van der Waals surface area (Å²) < 4.78 is 1.52. The molecule has 0 aliphatic heterocycles. The highest BCUT2D eigenvalue weighted by molar-refractivity contribution is 6.28. The van der Waals surface area contributed by atoms with Crippen molar-refractivity contribution in [3.63, 3.8) is 0 Å². The molecular formula is C4H5ClN2O. The Bertz CT molecular complexity index is 176. The second kappa shape index (κ2) is 1.67. The quantitative estimate of drug-likeness (QED) is 0.567. The van der Waals surface area contributed by atoms with E-state index >= 15 is 0 Å². The zero-order valence-electron chi connectivity index (χ0n) is 4.30. The molecule has 8 heavy (non-hydrogen) atoms. The van der Waals surface area contributed by atoms with Gasteiger partial charge in [-0.3, -0.25) is 0 Å². The van der Waals surface area contributed by atoms with Gasteiger partial charge >= 0.3 is 0 Å². The molecule has 0 unspecified atom stereocenters. The van der Waals surface area contributed by atoms with Gasteiger partial charge in [-0.05, 0) is 11.6 Å². The summed E-state index contributed by atoms with van der Waals surface area (Å²) >= 11 is 5.42. The second-order valence-corrected chi connectivity index (χ2v) is 1.82. The Morgan fingerprint density at radius 1 is 1.88 bits per heavy atom. The van der Waals surface area contributed by atoms with Gasteiger partial charge in [0.2, 0.25) is 11.2 Å². The van der Waals surface area contributed by atoms with Crippen LogP contribution in [0.2, 0.25) is 5.28 Å². The summed E-state index contributed by atoms with van der Waals surface area (Å²) in [7, 11) is 1.70. The maximum absolute atomic E-state index is 8.62. The first kappa shape index (κ1) is 5.44. The van der Waals surface area contributed by atoms with E-state index in [9.17, 15) is 0 Å². The Morgan fingerprint density at radius 3 is 2.62 bits per heavy atom. The largest absolute Gasteiger partial charge is 0.492 e. The first-order valence-electron chi connectivity index (χ1n) is 2.08. The molecule has 0 aromatic carbocycles. The summed E-state index contributed by atoms with van der Waals surface area (Å²) in [6.07, 6.45) is 1.43. The highest BCUT2D eigenvalue weighted by Crippen LogP contribution is 2.10. The van der Waals surface area contributed by atoms with Crippen molar-refractivity contribution in [1.82, 2.24) is 9.55 Å². The van der Waals surface area contributed by atoms with Gasteiger partial charge < -0.3 is 9.67 Å². The molecule has 0 aliphatic rings. The van der Waals surface area contributed by atoms with E-state index in [4.69, 9.17) is 16.7 Å². The van der Waals surface area contributed by atoms with Crippen LogP contribution in [0.5, 0.6) is 5.88 Å². The van der Waals surface area contributed by atoms with E-state index in [2.05, 4.69) is 4.98 Å². The molecule has 0 aliphatic carbocycles. The first-order chi connectivity index (χ1) is 3.70. The lowest BCUT2D eigenvalue weighted by atomic mass is 10.8. The van der Waals surface area contributed by atoms with Crippen LogP contribution in [0, 0.1) is 0 Å². The molecule has 0 fully saturated rings. The van der Waals surface area contributed by atoms with Gasteiger partial charge in [-0.15, -0.1) is 0 Å². The monoisotopic (exact) mass is 132 g/mol. The predicted octanol–water partition coefficient (Wildman–Crippen LogP) is 0.779. The van der Waals surface area contributed by atoms with Crippen molar-refractivity contribution in [1.29, 1.82) is 0 Å². The number of imidazole rings is 1. The zero-order valence-corrected chi connectivity index (χ0v) is 5.05. The van der Waals surface area contributed by atoms with Gasteiger partial charge in [0.1, 0.15) is 0 Å². The molecule has 1 aromatic rings. The number of hydrogen-bond acceptors (Lipinski definition) is 2. The molecule has 1 aromatic heterocycles. The zero-order chi connectivity index (χ0) is 6.15. The highest BCUT2D eigenvalue weighted by atomic mass is 35.5. The molecule has 0 bridgehead atoms. The van der Waals surface area contributed by atoms with Crippen LogP contribution in [0.15, 0.2) is 6.20 Å². The van der Waals surface area contributed by atoms with Crippen LogP contribution >= 0.6 is 11.6 Å². The van der Waals surface area contributed by atoms with Crippen LogP contribution in [-0.2, 0) is 7.05 Å². The summed E-state index contributed by atoms with van der Waals surface area (Å²) in [5, 5.41) is 8.91. The third-order valence-corrected chi connectivity index (χ3v) is 1.16. The summed E-state index contributed by atoms with van der Waals surface area (Å²) in [5.41, 5.74) is 0. The van der Waals surface area contributed by atoms with Crippen molar-refractivity contribution in [3.8, 4) is 5.88 Å². The van der Waals surface area contributed by atoms with Crippen LogP contribution in [0.1, 0.15) is 0 Å². The Morgan fingerprint density at radius 2 is 2.50 bits per heavy atom. The number of nitrogens with zero attached hydrogens (tertiary/aromatic N) is 2. The highest BCUT2D eigenvalue weighted by Gasteiger charge is 1.96. The van der Waals surface area contributed by atoms with E-state index in [1.807, 2.05) is 0 Å². The summed E-state index contributed by atoms with van der Waals surface area (Å²) in [6, 6.07) is 0. The van der Waals surface area contributed by atoms with E-state index < -0.39 is 0 Å². The van der Waals surface area contributed by atoms with Crippen LogP contribution in [0.25, 0.3) is 0 Å². The third-order valence-electron chi connectivity index (χ3n) is 0.807. The van der Waals surface area contributed by atoms with E-state index in [0.29, 0.717) is 5.28 Å². The van der Waals surface area contributed by atoms with E-state index in [1.165, 1.54) is 10.8 Å². The minimum absolute atomic E-state index is 0.0440. The van der Waals surface area contributed by atoms with Crippen LogP contribution in [0.3, 0.4) is 0 Å². The molecule has 1 N–H and O–H groups in total. The summed E-state index contributed by atoms with van der Waals surface area (Å²) in [4.78, 5) is 3.49. The average molecular weight is 133 g/mol. The Labute approximate surface area is 51.5 Å². The average Bonchev–Trinajstić information content (AvgIpc) is 1.85. The van der Waals surface area contributed by atoms with Crippen LogP contribution < -0.4 is 0 Å². The molecule has 0 saturated heterocycles. The molecule has 1 heterocycles. The third kappa shape index (κ3) is 0.767. The molecule has 0 atom stereocenters. The Hall–Kier alpha value is -0.700. The van der Waals surface area contributed by atoms with Crippen molar-refractivity contribution in [2.75, 3.05) is 0 Å². The number of rotatable bonds is 0. The first-order valence-corrected chi connectivity index (χ1v) is 2.46. The maximum Gasteiger partial charge on any atom is 0.230 e. The minimum Gasteiger partial charge on any atom is -0.492 e. The molecule has 44 valence electrons. The molecule has 0 spiro atoms. The minimum atomic E-state index is -0.0440. The molecule has 4 heteroatoms. The van der Waals surface area contributed by atoms with Gasteiger partial charge in [0.05, 0.1) is 6.20 Å². The Balaban J connectivity index is 3.14. The van der Waals surface area contributed by atoms with E-state index in [-0.39, 0.29) is 5.88 Å². The van der Waals surface area contributed by atoms with Gasteiger partial charge in [0, 0.05) is 7.05 Å². The van der Waals surface area contributed by atoms with Crippen LogP contribution in [-0.4, -0.2) is 14.7 Å². The van der Waals surface area contributed by atoms with Gasteiger partial charge in [0.25, 0.3) is 0 Å². The fraction of sp³-hybridized carbons (Fsp3) is 0.250. The molecule has 0 radical (unpaired) electrons. The fourth-order valence-electron chi connectivity index (χ4n) is 0.429. The van der Waals surface area contributed by atoms with Crippen molar-refractivity contribution in [2.45, 2.75) is 0 Å². The van der Waals surface area contributed by atoms with Gasteiger partial charge in [-0.2, -0.15) is 4.98 Å². The lowest BCUT2D eigenvalue weighted by molar-refractivity contribution is 0.456. The predicted molar refractivity (Wildman–Crippen MR) is 29.9 cm³/mol. The summed E-state index contributed by atoms with van der Waals surface area (Å²) in [5.74, 6) is -0.0440. The second-order valence-electron chi connectivity index (χ2n) is 1.48. The topological polar surface area (TPSA) is 38.0 Å². The van der Waals surface area contributed by atoms with Gasteiger partial charge in [-0.25, -0.2) is 0 Å². The van der Waals surface area contributed by atoms with E-state index in [0.717, 1.165) is 0 Å². The smallest absolute Gasteiger partial charge is 0.230 e. The Kier molecular flexibility index (Phi) is 1.13. The van der Waals surface area contributed by atoms with Crippen molar-refractivity contribution < 1.29 is 5.11 Å². The lowest BCUT2D eigenvalue weighted by Gasteiger charge is -1.83. The van der Waals surface area contributed by atoms with Crippen molar-refractivity contribution in [3.05, 3.63) is 11.5 Å². The van der Waals surface area contributed by atoms with E-state index in [1.54, 1.807) is 7.05 Å². The number of aromatic hydroxyl groups is 1. The van der Waals surface area contributed by atoms with Gasteiger partial charge in [-0.1, -0.05) is 0 Å². The molecule has 0 amide bonds. The standard InChI is InChI=1S/C4H5ClN2O/c1-7-2-3(8)6-4(7)5/h2,8H,1H3. The maximum atomic E-state index is 8.62. The van der Waals surface area contributed by atoms with Gasteiger partial charge in [0.15, 0.2) is 0 Å². The number of aromatic nitrogens is 2. The molecule has 0 saturated carbocycles. The number of halogens is 1. The summed E-state index contributed by atoms with van der Waals surface area (Å²) in [6.45, 7) is 0. The molecule has 3 nitrogen and oxygen atoms in total. The van der Waals surface area contributed by atoms with Crippen molar-refractivity contribution >= 4 is 11.6 Å². The fourth-order valence-corrected chi connectivity index (χ4v) is 0.564. The normalized spacial score (nSPS) is 9.75. The number of hydrogen-bond donors (Lipinski definition) is 1. The SMILES string of the molecule is Cn1cc(O)nc1Cl. The number of aryl methyl sites for hydroxylation is 1. The van der Waals surface area contributed by atoms with Crippen LogP contribution in [0.4, 0.5) is 0 Å². The lowest BCUT2D eigenvalue weighted by Crippen LogP contribution is -1.81. The molecule has 1 rings (SSSR count). The molecular weight excluding hydrogens is 128 g/mol. The van der Waals surface area contributed by atoms with Crippen molar-refractivity contribution in [2.24, 2.45) is 7.05 Å².